The van der Waals surface area contributed by atoms with Gasteiger partial charge in [-0.3, -0.25) is 0 Å². The molecule has 0 heterocycles. The summed E-state index contributed by atoms with van der Waals surface area (Å²) in [6.45, 7) is 10.0. The van der Waals surface area contributed by atoms with Gasteiger partial charge in [0, 0.05) is 71.2 Å². The van der Waals surface area contributed by atoms with Gasteiger partial charge in [0.1, 0.15) is 31.0 Å². The minimum Gasteiger partial charge on any atom is -0.461 e. The quantitative estimate of drug-likeness (QED) is 0.00941. The fourth-order valence-corrected chi connectivity index (χ4v) is 12.9. The van der Waals surface area contributed by atoms with Crippen molar-refractivity contribution in [2.75, 3.05) is 64.5 Å². The third-order valence-electron chi connectivity index (χ3n) is 15.5. The van der Waals surface area contributed by atoms with E-state index in [1.54, 1.807) is 47.0 Å². The van der Waals surface area contributed by atoms with Crippen LogP contribution >= 0.6 is 47.0 Å². The van der Waals surface area contributed by atoms with Crippen molar-refractivity contribution < 1.29 is 62.7 Å². The number of ether oxygens (including phenoxy) is 5. The number of hydrogen-bond acceptors (Lipinski definition) is 18. The van der Waals surface area contributed by atoms with Gasteiger partial charge in [0.05, 0.1) is 19.6 Å². The van der Waals surface area contributed by atoms with Crippen LogP contribution in [0, 0.1) is 0 Å². The van der Waals surface area contributed by atoms with Crippen molar-refractivity contribution in [2.24, 2.45) is 4.99 Å². The standard InChI is InChI=1S/C40H38N2O8S2.C28H24O2S2.C6H7NO3/c1-5-35(43)47-25-23-41-37(45)49-39(27-15-19-29(51-3)20-16-27)31-11-7-9-13-33(31)40(34-14-10-8-12-32(34)39,28-17-21-30(52-4)22-18-28)50-38(46)42-24-26-48-36(44)6-2;1-31-21-15-11-19(12-16-21)27(29)23-7-3-5-9-25(23)28(30,26-10-6-4-8-24(26)27)20-13-17-22(32-2)18-14-20;1-2-6(9)10-4-3-7-5-8/h5-22H,1-2,23-26H2,3-4H3,(H,41,45)(H,42,46);3-18,29-30H,1-2H3;2H,1,3-4H2. The first-order chi connectivity index (χ1) is 45.6. The van der Waals surface area contributed by atoms with Crippen LogP contribution in [0.15, 0.2) is 257 Å². The molecule has 94 heavy (non-hydrogen) atoms. The van der Waals surface area contributed by atoms with Crippen LogP contribution < -0.4 is 10.6 Å². The highest BCUT2D eigenvalue weighted by molar-refractivity contribution is 7.99. The highest BCUT2D eigenvalue weighted by Gasteiger charge is 2.57. The summed E-state index contributed by atoms with van der Waals surface area (Å²) in [4.78, 5) is 78.0. The molecule has 0 bridgehead atoms. The summed E-state index contributed by atoms with van der Waals surface area (Å²) in [6.07, 6.45) is 10.9. The molecule has 8 aromatic carbocycles. The van der Waals surface area contributed by atoms with Gasteiger partial charge in [-0.25, -0.2) is 33.8 Å². The molecule has 8 aromatic rings. The number of esters is 3. The van der Waals surface area contributed by atoms with E-state index < -0.39 is 52.5 Å². The molecule has 0 atom stereocenters. The average molecular weight is 1340 g/mol. The third-order valence-corrected chi connectivity index (χ3v) is 18.5. The number of nitrogens with one attached hydrogen (secondary N) is 2. The van der Waals surface area contributed by atoms with Crippen LogP contribution in [-0.4, -0.2) is 111 Å². The van der Waals surface area contributed by atoms with E-state index in [0.717, 1.165) is 48.9 Å². The molecule has 0 aliphatic heterocycles. The molecule has 20 heteroatoms. The van der Waals surface area contributed by atoms with Crippen LogP contribution in [0.4, 0.5) is 9.59 Å². The number of benzene rings is 8. The van der Waals surface area contributed by atoms with Gasteiger partial charge in [0.2, 0.25) is 6.08 Å². The number of carbonyl (C=O) groups is 5. The van der Waals surface area contributed by atoms with Crippen LogP contribution in [0.25, 0.3) is 0 Å². The maximum atomic E-state index is 13.8. The number of thioether (sulfide) groups is 4. The minimum atomic E-state index is -1.53. The van der Waals surface area contributed by atoms with E-state index in [1.807, 2.05) is 219 Å². The lowest BCUT2D eigenvalue weighted by Crippen LogP contribution is -2.50. The molecule has 0 radical (unpaired) electrons. The highest BCUT2D eigenvalue weighted by Crippen LogP contribution is 2.57. The molecule has 2 amide bonds. The molecule has 0 saturated heterocycles. The largest absolute Gasteiger partial charge is 0.461 e. The van der Waals surface area contributed by atoms with Crippen molar-refractivity contribution in [3.8, 4) is 0 Å². The van der Waals surface area contributed by atoms with Gasteiger partial charge in [0.15, 0.2) is 11.2 Å². The summed E-state index contributed by atoms with van der Waals surface area (Å²) in [5, 5.41) is 30.1. The first kappa shape index (κ1) is 70.5. The summed E-state index contributed by atoms with van der Waals surface area (Å²) in [7, 11) is 0. The van der Waals surface area contributed by atoms with Crippen molar-refractivity contribution in [3.63, 3.8) is 0 Å². The van der Waals surface area contributed by atoms with E-state index in [9.17, 15) is 39.0 Å². The van der Waals surface area contributed by atoms with E-state index in [2.05, 4.69) is 40.1 Å². The molecular formula is C74H69N3O13S4. The summed E-state index contributed by atoms with van der Waals surface area (Å²) in [6, 6.07) is 61.7. The van der Waals surface area contributed by atoms with Crippen LogP contribution in [0.5, 0.6) is 0 Å². The van der Waals surface area contributed by atoms with E-state index in [4.69, 9.17) is 18.9 Å². The number of carbonyl (C=O) groups excluding carboxylic acids is 6. The Balaban J connectivity index is 0.000000227. The number of rotatable bonds is 22. The Morgan fingerprint density at radius 3 is 0.926 bits per heavy atom. The average Bonchev–Trinajstić information content (AvgIpc) is 0.698. The van der Waals surface area contributed by atoms with Crippen molar-refractivity contribution in [1.29, 1.82) is 0 Å². The summed E-state index contributed by atoms with van der Waals surface area (Å²) < 4.78 is 27.7. The molecule has 0 spiro atoms. The zero-order valence-electron chi connectivity index (χ0n) is 52.0. The normalized spacial score (nSPS) is 17.6. The molecule has 0 fully saturated rings. The molecule has 0 unspecified atom stereocenters. The Labute approximate surface area is 563 Å². The first-order valence-electron chi connectivity index (χ1n) is 29.3. The molecule has 0 aromatic heterocycles. The summed E-state index contributed by atoms with van der Waals surface area (Å²) in [5.41, 5.74) is 2.10. The lowest BCUT2D eigenvalue weighted by molar-refractivity contribution is -0.138. The molecule has 482 valence electrons. The van der Waals surface area contributed by atoms with Gasteiger partial charge in [0.25, 0.3) is 0 Å². The van der Waals surface area contributed by atoms with E-state index in [1.165, 1.54) is 6.08 Å². The van der Waals surface area contributed by atoms with Crippen molar-refractivity contribution in [2.45, 2.75) is 42.0 Å². The maximum Gasteiger partial charge on any atom is 0.408 e. The lowest BCUT2D eigenvalue weighted by atomic mass is 9.63. The number of aliphatic imine (C=N–C) groups is 1. The van der Waals surface area contributed by atoms with Crippen LogP contribution in [0.2, 0.25) is 0 Å². The second-order valence-corrected chi connectivity index (χ2v) is 24.1. The van der Waals surface area contributed by atoms with E-state index in [0.29, 0.717) is 55.6 Å². The minimum absolute atomic E-state index is 0.0136. The van der Waals surface area contributed by atoms with E-state index >= 15 is 0 Å². The zero-order valence-corrected chi connectivity index (χ0v) is 55.3. The lowest BCUT2D eigenvalue weighted by Gasteiger charge is -2.48. The SMILES string of the molecule is C=CC(=O)OCCN=C=O.C=CC(=O)OCCNC(=O)OC1(c2ccc(SC)cc2)c2ccccc2C(OC(=O)NCCOC(=O)C=C)(c2ccc(SC)cc2)c2ccccc21.CSc1ccc(C2(O)c3ccccc3C(O)(c3ccc(SC)cc3)c3ccccc32)cc1. The Bertz CT molecular complexity index is 3730. The number of hydrogen-bond donors (Lipinski definition) is 4. The maximum absolute atomic E-state index is 13.8. The molecule has 4 N–H and O–H groups in total. The monoisotopic (exact) mass is 1340 g/mol. The van der Waals surface area contributed by atoms with Crippen molar-refractivity contribution in [3.05, 3.63) is 299 Å². The predicted molar refractivity (Wildman–Crippen MR) is 368 cm³/mol. The fraction of sp³-hybridized carbons (Fsp3) is 0.189. The van der Waals surface area contributed by atoms with Crippen LogP contribution in [0.3, 0.4) is 0 Å². The number of amides is 2. The number of nitrogens with zero attached hydrogens (tertiary/aromatic N) is 1. The van der Waals surface area contributed by atoms with Gasteiger partial charge < -0.3 is 44.5 Å². The topological polar surface area (TPSA) is 225 Å². The van der Waals surface area contributed by atoms with E-state index in [-0.39, 0.29) is 39.5 Å². The smallest absolute Gasteiger partial charge is 0.408 e. The highest BCUT2D eigenvalue weighted by atomic mass is 32.2. The van der Waals surface area contributed by atoms with Crippen LogP contribution in [0.1, 0.15) is 66.8 Å². The van der Waals surface area contributed by atoms with Gasteiger partial charge >= 0.3 is 30.1 Å². The molecule has 16 nitrogen and oxygen atoms in total. The Morgan fingerprint density at radius 1 is 0.415 bits per heavy atom. The molecule has 10 rings (SSSR count). The van der Waals surface area contributed by atoms with Crippen molar-refractivity contribution >= 4 is 83.2 Å². The molecule has 2 aliphatic rings. The van der Waals surface area contributed by atoms with Gasteiger partial charge in [-0.2, -0.15) is 0 Å². The van der Waals surface area contributed by atoms with Gasteiger partial charge in [-0.15, -0.1) is 47.0 Å². The number of isocyanates is 1. The number of alkyl carbamates (subject to hydrolysis) is 2. The van der Waals surface area contributed by atoms with Gasteiger partial charge in [-0.1, -0.05) is 165 Å². The zero-order chi connectivity index (χ0) is 67.3. The second-order valence-electron chi connectivity index (χ2n) is 20.6. The molecule has 0 saturated carbocycles. The second kappa shape index (κ2) is 33.0. The Hall–Kier alpha value is -9.37. The third kappa shape index (κ3) is 15.2. The molecular weight excluding hydrogens is 1270 g/mol. The Morgan fingerprint density at radius 2 is 0.670 bits per heavy atom. The first-order valence-corrected chi connectivity index (χ1v) is 34.2. The molecule has 2 aliphatic carbocycles. The predicted octanol–water partition coefficient (Wildman–Crippen LogP) is 13.0. The number of aliphatic hydroxyl groups is 2. The number of fused-ring (bicyclic) bond motifs is 4. The Kier molecular flexibility index (Phi) is 24.7. The van der Waals surface area contributed by atoms with Crippen LogP contribution in [-0.2, 0) is 65.3 Å². The fourth-order valence-electron chi connectivity index (χ4n) is 11.3. The summed E-state index contributed by atoms with van der Waals surface area (Å²) >= 11 is 6.49. The summed E-state index contributed by atoms with van der Waals surface area (Å²) in [5.74, 6) is -1.74. The van der Waals surface area contributed by atoms with Gasteiger partial charge in [-0.05, 0) is 107 Å². The van der Waals surface area contributed by atoms with Crippen molar-refractivity contribution in [1.82, 2.24) is 10.6 Å².